The van der Waals surface area contributed by atoms with E-state index in [1.54, 1.807) is 0 Å². The molecule has 3 heterocycles. The molecule has 0 saturated carbocycles. The summed E-state index contributed by atoms with van der Waals surface area (Å²) < 4.78 is 5.81. The molecule has 1 amide bonds. The van der Waals surface area contributed by atoms with E-state index in [2.05, 4.69) is 72.7 Å². The molecule has 1 saturated heterocycles. The number of rotatable bonds is 5. The van der Waals surface area contributed by atoms with Crippen molar-refractivity contribution in [3.05, 3.63) is 66.4 Å². The quantitative estimate of drug-likeness (QED) is 0.520. The van der Waals surface area contributed by atoms with Gasteiger partial charge in [0, 0.05) is 42.8 Å². The molecule has 0 N–H and O–H groups in total. The number of fused-ring (bicyclic) bond motifs is 2. The normalized spacial score (nSPS) is 17.3. The minimum absolute atomic E-state index is 0.0248. The highest BCUT2D eigenvalue weighted by Crippen LogP contribution is 2.36. The second kappa shape index (κ2) is 9.21. The average molecular weight is 472 g/mol. The van der Waals surface area contributed by atoms with Crippen LogP contribution in [0.15, 0.2) is 55.1 Å². The number of carbonyl (C=O) groups excluding carboxylic acids is 1. The monoisotopic (exact) mass is 471 g/mol. The summed E-state index contributed by atoms with van der Waals surface area (Å²) >= 11 is 0. The molecule has 2 aromatic carbocycles. The molecule has 2 aliphatic rings. The van der Waals surface area contributed by atoms with Gasteiger partial charge >= 0.3 is 6.01 Å². The average Bonchev–Trinajstić information content (AvgIpc) is 2.86. The molecule has 1 aromatic heterocycles. The Morgan fingerprint density at radius 1 is 1.11 bits per heavy atom. The number of ether oxygens (including phenoxy) is 1. The van der Waals surface area contributed by atoms with E-state index in [1.165, 1.54) is 28.1 Å². The highest BCUT2D eigenvalue weighted by Gasteiger charge is 2.38. The fourth-order valence-corrected chi connectivity index (χ4v) is 5.36. The summed E-state index contributed by atoms with van der Waals surface area (Å²) in [5.41, 5.74) is 3.14. The first kappa shape index (κ1) is 23.1. The van der Waals surface area contributed by atoms with Gasteiger partial charge in [0.2, 0.25) is 5.91 Å². The predicted molar refractivity (Wildman–Crippen MR) is 140 cm³/mol. The minimum Gasteiger partial charge on any atom is -0.464 e. The van der Waals surface area contributed by atoms with Gasteiger partial charge in [-0.3, -0.25) is 4.79 Å². The minimum atomic E-state index is -0.282. The Labute approximate surface area is 207 Å². The highest BCUT2D eigenvalue weighted by molar-refractivity contribution is 5.94. The number of aromatic nitrogens is 2. The first-order chi connectivity index (χ1) is 16.9. The Morgan fingerprint density at radius 2 is 1.91 bits per heavy atom. The molecule has 35 heavy (non-hydrogen) atoms. The molecule has 0 spiro atoms. The van der Waals surface area contributed by atoms with E-state index in [9.17, 15) is 4.79 Å². The lowest BCUT2D eigenvalue weighted by atomic mass is 9.96. The molecule has 7 nitrogen and oxygen atoms in total. The van der Waals surface area contributed by atoms with Gasteiger partial charge in [0.15, 0.2) is 0 Å². The van der Waals surface area contributed by atoms with Gasteiger partial charge in [-0.2, -0.15) is 9.97 Å². The van der Waals surface area contributed by atoms with Crippen molar-refractivity contribution in [2.24, 2.45) is 0 Å². The van der Waals surface area contributed by atoms with Crippen LogP contribution in [-0.4, -0.2) is 59.1 Å². The molecule has 0 unspecified atom stereocenters. The van der Waals surface area contributed by atoms with E-state index < -0.39 is 0 Å². The van der Waals surface area contributed by atoms with Crippen molar-refractivity contribution in [2.75, 3.05) is 42.6 Å². The van der Waals surface area contributed by atoms with Crippen molar-refractivity contribution >= 4 is 28.2 Å². The standard InChI is InChI=1S/C28H33N5O2/c1-5-25(34)32-16-17-33(28(3,4)19-32)26-22-14-15-31(18-23(22)29-27(30-26)35-6-2)24-13-9-11-20-10-7-8-12-21(20)24/h5,7-13H,1,6,14-19H2,2-4H3. The van der Waals surface area contributed by atoms with E-state index in [-0.39, 0.29) is 11.4 Å². The van der Waals surface area contributed by atoms with E-state index in [0.29, 0.717) is 38.8 Å². The molecule has 2 aliphatic heterocycles. The topological polar surface area (TPSA) is 61.8 Å². The van der Waals surface area contributed by atoms with Crippen molar-refractivity contribution in [3.63, 3.8) is 0 Å². The fourth-order valence-electron chi connectivity index (χ4n) is 5.36. The number of hydrogen-bond donors (Lipinski definition) is 0. The summed E-state index contributed by atoms with van der Waals surface area (Å²) in [6, 6.07) is 15.4. The third kappa shape index (κ3) is 4.31. The van der Waals surface area contributed by atoms with Crippen LogP contribution in [0.4, 0.5) is 11.5 Å². The Kier molecular flexibility index (Phi) is 6.09. The summed E-state index contributed by atoms with van der Waals surface area (Å²) in [4.78, 5) is 28.6. The summed E-state index contributed by atoms with van der Waals surface area (Å²) in [6.07, 6.45) is 2.25. The van der Waals surface area contributed by atoms with E-state index in [4.69, 9.17) is 14.7 Å². The van der Waals surface area contributed by atoms with E-state index in [1.807, 2.05) is 11.8 Å². The van der Waals surface area contributed by atoms with Gasteiger partial charge in [-0.15, -0.1) is 0 Å². The first-order valence-corrected chi connectivity index (χ1v) is 12.4. The zero-order valence-electron chi connectivity index (χ0n) is 20.8. The molecular weight excluding hydrogens is 438 g/mol. The second-order valence-corrected chi connectivity index (χ2v) is 9.79. The van der Waals surface area contributed by atoms with Gasteiger partial charge in [-0.1, -0.05) is 43.0 Å². The SMILES string of the molecule is C=CC(=O)N1CCN(c2nc(OCC)nc3c2CCN(c2cccc4ccccc24)C3)C(C)(C)C1. The Hall–Kier alpha value is -3.61. The maximum atomic E-state index is 12.3. The number of hydrogen-bond acceptors (Lipinski definition) is 6. The number of piperazine rings is 1. The number of benzene rings is 2. The Morgan fingerprint density at radius 3 is 2.69 bits per heavy atom. The van der Waals surface area contributed by atoms with Gasteiger partial charge in [0.25, 0.3) is 0 Å². The Balaban J connectivity index is 1.51. The smallest absolute Gasteiger partial charge is 0.318 e. The van der Waals surface area contributed by atoms with Crippen LogP contribution in [0.5, 0.6) is 6.01 Å². The maximum absolute atomic E-state index is 12.3. The second-order valence-electron chi connectivity index (χ2n) is 9.79. The molecule has 0 aliphatic carbocycles. The van der Waals surface area contributed by atoms with Crippen LogP contribution in [0.3, 0.4) is 0 Å². The molecule has 3 aromatic rings. The molecule has 7 heteroatoms. The molecule has 0 atom stereocenters. The van der Waals surface area contributed by atoms with Crippen LogP contribution >= 0.6 is 0 Å². The zero-order chi connectivity index (χ0) is 24.6. The van der Waals surface area contributed by atoms with E-state index in [0.717, 1.165) is 24.5 Å². The van der Waals surface area contributed by atoms with Gasteiger partial charge in [0.05, 0.1) is 24.4 Å². The van der Waals surface area contributed by atoms with Gasteiger partial charge in [-0.25, -0.2) is 0 Å². The van der Waals surface area contributed by atoms with Crippen LogP contribution in [0.1, 0.15) is 32.0 Å². The van der Waals surface area contributed by atoms with Crippen LogP contribution in [0.2, 0.25) is 0 Å². The summed E-state index contributed by atoms with van der Waals surface area (Å²) in [7, 11) is 0. The number of nitrogens with zero attached hydrogens (tertiary/aromatic N) is 5. The third-order valence-corrected chi connectivity index (χ3v) is 7.05. The summed E-state index contributed by atoms with van der Waals surface area (Å²) in [5, 5.41) is 2.49. The van der Waals surface area contributed by atoms with Gasteiger partial charge in [-0.05, 0) is 44.7 Å². The highest BCUT2D eigenvalue weighted by atomic mass is 16.5. The van der Waals surface area contributed by atoms with Crippen molar-refractivity contribution in [1.29, 1.82) is 0 Å². The molecule has 5 rings (SSSR count). The van der Waals surface area contributed by atoms with Crippen molar-refractivity contribution in [3.8, 4) is 6.01 Å². The van der Waals surface area contributed by atoms with Crippen molar-refractivity contribution in [1.82, 2.24) is 14.9 Å². The third-order valence-electron chi connectivity index (χ3n) is 7.05. The lowest BCUT2D eigenvalue weighted by molar-refractivity contribution is -0.127. The summed E-state index contributed by atoms with van der Waals surface area (Å²) in [6.45, 7) is 14.0. The fraction of sp³-hybridized carbons (Fsp3) is 0.393. The maximum Gasteiger partial charge on any atom is 0.318 e. The largest absolute Gasteiger partial charge is 0.464 e. The van der Waals surface area contributed by atoms with Crippen LogP contribution in [-0.2, 0) is 17.8 Å². The lowest BCUT2D eigenvalue weighted by Crippen LogP contribution is -2.61. The first-order valence-electron chi connectivity index (χ1n) is 12.4. The van der Waals surface area contributed by atoms with E-state index >= 15 is 0 Å². The molecular formula is C28H33N5O2. The molecule has 182 valence electrons. The van der Waals surface area contributed by atoms with Gasteiger partial charge in [0.1, 0.15) is 5.82 Å². The summed E-state index contributed by atoms with van der Waals surface area (Å²) in [5.74, 6) is 0.912. The molecule has 1 fully saturated rings. The zero-order valence-corrected chi connectivity index (χ0v) is 20.8. The number of anilines is 2. The Bertz CT molecular complexity index is 1270. The van der Waals surface area contributed by atoms with Gasteiger partial charge < -0.3 is 19.4 Å². The van der Waals surface area contributed by atoms with Crippen LogP contribution in [0.25, 0.3) is 10.8 Å². The molecule has 0 bridgehead atoms. The van der Waals surface area contributed by atoms with Crippen LogP contribution < -0.4 is 14.5 Å². The number of carbonyl (C=O) groups is 1. The molecule has 0 radical (unpaired) electrons. The lowest BCUT2D eigenvalue weighted by Gasteiger charge is -2.48. The number of amides is 1. The van der Waals surface area contributed by atoms with Crippen LogP contribution in [0, 0.1) is 0 Å². The van der Waals surface area contributed by atoms with Crippen molar-refractivity contribution in [2.45, 2.75) is 39.3 Å². The van der Waals surface area contributed by atoms with Crippen molar-refractivity contribution < 1.29 is 9.53 Å². The predicted octanol–water partition coefficient (Wildman–Crippen LogP) is 4.20.